The first-order chi connectivity index (χ1) is 13.5. The number of phenols is 1. The number of benzene rings is 1. The number of pyridine rings is 1. The molecule has 1 aromatic carbocycles. The summed E-state index contributed by atoms with van der Waals surface area (Å²) in [5.41, 5.74) is 1.44. The number of piperazine rings is 1. The summed E-state index contributed by atoms with van der Waals surface area (Å²) in [6.07, 6.45) is 3.15. The standard InChI is InChI=1S/C19H16FN5O3/c20-13-6-12(7-15(26)8-13)17-9-16(19(28)24-5-4-22-18(27)11-24)23-25(17)14-2-1-3-21-10-14/h1-3,6-10,26H,4-5,11H2,(H,22,27). The van der Waals surface area contributed by atoms with E-state index in [1.54, 1.807) is 24.5 Å². The molecule has 0 saturated carbocycles. The summed E-state index contributed by atoms with van der Waals surface area (Å²) < 4.78 is 15.3. The summed E-state index contributed by atoms with van der Waals surface area (Å²) in [5.74, 6) is -1.50. The molecule has 2 aromatic heterocycles. The summed E-state index contributed by atoms with van der Waals surface area (Å²) in [5, 5.41) is 16.8. The molecule has 1 aliphatic heterocycles. The highest BCUT2D eigenvalue weighted by Crippen LogP contribution is 2.28. The molecule has 1 fully saturated rings. The maximum absolute atomic E-state index is 13.8. The molecule has 3 aromatic rings. The maximum atomic E-state index is 13.8. The third-order valence-electron chi connectivity index (χ3n) is 4.32. The molecule has 0 unspecified atom stereocenters. The molecule has 0 radical (unpaired) electrons. The van der Waals surface area contributed by atoms with Gasteiger partial charge in [-0.1, -0.05) is 0 Å². The van der Waals surface area contributed by atoms with Gasteiger partial charge in [-0.15, -0.1) is 0 Å². The number of hydrogen-bond donors (Lipinski definition) is 2. The SMILES string of the molecule is O=C1CN(C(=O)c2cc(-c3cc(O)cc(F)c3)n(-c3cccnc3)n2)CCN1. The van der Waals surface area contributed by atoms with E-state index in [4.69, 9.17) is 0 Å². The molecule has 1 aliphatic rings. The van der Waals surface area contributed by atoms with E-state index in [1.807, 2.05) is 0 Å². The predicted molar refractivity (Wildman–Crippen MR) is 97.3 cm³/mol. The van der Waals surface area contributed by atoms with E-state index in [1.165, 1.54) is 27.8 Å². The lowest BCUT2D eigenvalue weighted by Crippen LogP contribution is -2.50. The van der Waals surface area contributed by atoms with Crippen LogP contribution in [0.2, 0.25) is 0 Å². The molecule has 0 atom stereocenters. The smallest absolute Gasteiger partial charge is 0.274 e. The maximum Gasteiger partial charge on any atom is 0.274 e. The second-order valence-electron chi connectivity index (χ2n) is 6.31. The zero-order valence-electron chi connectivity index (χ0n) is 14.7. The van der Waals surface area contributed by atoms with Crippen LogP contribution in [-0.4, -0.2) is 56.2 Å². The summed E-state index contributed by atoms with van der Waals surface area (Å²) in [7, 11) is 0. The van der Waals surface area contributed by atoms with Crippen LogP contribution in [0.25, 0.3) is 16.9 Å². The van der Waals surface area contributed by atoms with Gasteiger partial charge >= 0.3 is 0 Å². The second kappa shape index (κ2) is 7.10. The number of nitrogens with zero attached hydrogens (tertiary/aromatic N) is 4. The minimum absolute atomic E-state index is 0.0470. The predicted octanol–water partition coefficient (Wildman–Crippen LogP) is 1.35. The molecular weight excluding hydrogens is 365 g/mol. The van der Waals surface area contributed by atoms with Gasteiger partial charge in [-0.2, -0.15) is 5.10 Å². The van der Waals surface area contributed by atoms with Crippen LogP contribution in [0.4, 0.5) is 4.39 Å². The fourth-order valence-electron chi connectivity index (χ4n) is 3.06. The molecule has 9 heteroatoms. The van der Waals surface area contributed by atoms with Crippen molar-refractivity contribution in [2.45, 2.75) is 0 Å². The van der Waals surface area contributed by atoms with E-state index in [0.29, 0.717) is 30.0 Å². The van der Waals surface area contributed by atoms with Crippen molar-refractivity contribution >= 4 is 11.8 Å². The Hall–Kier alpha value is -3.75. The van der Waals surface area contributed by atoms with Crippen molar-refractivity contribution in [2.24, 2.45) is 0 Å². The lowest BCUT2D eigenvalue weighted by atomic mass is 10.1. The Morgan fingerprint density at radius 3 is 2.82 bits per heavy atom. The summed E-state index contributed by atoms with van der Waals surface area (Å²) in [6, 6.07) is 8.58. The Morgan fingerprint density at radius 1 is 1.25 bits per heavy atom. The topological polar surface area (TPSA) is 100 Å². The van der Waals surface area contributed by atoms with Crippen molar-refractivity contribution in [3.63, 3.8) is 0 Å². The fraction of sp³-hybridized carbons (Fsp3) is 0.158. The molecule has 2 N–H and O–H groups in total. The second-order valence-corrected chi connectivity index (χ2v) is 6.31. The van der Waals surface area contributed by atoms with Crippen molar-refractivity contribution in [1.29, 1.82) is 0 Å². The van der Waals surface area contributed by atoms with E-state index < -0.39 is 11.7 Å². The van der Waals surface area contributed by atoms with Gasteiger partial charge in [0.25, 0.3) is 5.91 Å². The highest BCUT2D eigenvalue weighted by molar-refractivity contribution is 5.96. The zero-order valence-corrected chi connectivity index (χ0v) is 14.7. The van der Waals surface area contributed by atoms with Crippen molar-refractivity contribution in [2.75, 3.05) is 19.6 Å². The molecule has 0 bridgehead atoms. The molecule has 142 valence electrons. The number of carbonyl (C=O) groups excluding carboxylic acids is 2. The number of hydrogen-bond acceptors (Lipinski definition) is 5. The number of phenolic OH excluding ortho intramolecular Hbond substituents is 1. The first kappa shape index (κ1) is 17.7. The largest absolute Gasteiger partial charge is 0.508 e. The van der Waals surface area contributed by atoms with Gasteiger partial charge in [-0.05, 0) is 30.3 Å². The highest BCUT2D eigenvalue weighted by Gasteiger charge is 2.26. The van der Waals surface area contributed by atoms with E-state index >= 15 is 0 Å². The molecule has 4 rings (SSSR count). The van der Waals surface area contributed by atoms with Crippen LogP contribution >= 0.6 is 0 Å². The van der Waals surface area contributed by atoms with Crippen LogP contribution in [0.1, 0.15) is 10.5 Å². The molecule has 1 saturated heterocycles. The summed E-state index contributed by atoms with van der Waals surface area (Å²) in [6.45, 7) is 0.702. The Bertz CT molecular complexity index is 1030. The van der Waals surface area contributed by atoms with Crippen molar-refractivity contribution in [1.82, 2.24) is 25.0 Å². The first-order valence-electron chi connectivity index (χ1n) is 8.57. The van der Waals surface area contributed by atoms with Crippen LogP contribution in [0.5, 0.6) is 5.75 Å². The van der Waals surface area contributed by atoms with Gasteiger partial charge in [0.15, 0.2) is 5.69 Å². The third-order valence-corrected chi connectivity index (χ3v) is 4.32. The minimum atomic E-state index is -0.616. The average Bonchev–Trinajstić information content (AvgIpc) is 3.13. The summed E-state index contributed by atoms with van der Waals surface area (Å²) in [4.78, 5) is 29.9. The van der Waals surface area contributed by atoms with E-state index in [-0.39, 0.29) is 23.9 Å². The fourth-order valence-corrected chi connectivity index (χ4v) is 3.06. The average molecular weight is 381 g/mol. The van der Waals surface area contributed by atoms with Gasteiger partial charge in [-0.3, -0.25) is 14.6 Å². The number of halogens is 1. The van der Waals surface area contributed by atoms with Crippen LogP contribution < -0.4 is 5.32 Å². The third kappa shape index (κ3) is 3.41. The molecule has 0 spiro atoms. The van der Waals surface area contributed by atoms with E-state index in [0.717, 1.165) is 6.07 Å². The van der Waals surface area contributed by atoms with Crippen LogP contribution in [0, 0.1) is 5.82 Å². The molecule has 28 heavy (non-hydrogen) atoms. The van der Waals surface area contributed by atoms with Crippen molar-refractivity contribution < 1.29 is 19.1 Å². The molecular formula is C19H16FN5O3. The van der Waals surface area contributed by atoms with Gasteiger partial charge in [0.05, 0.1) is 24.1 Å². The Balaban J connectivity index is 1.80. The van der Waals surface area contributed by atoms with Crippen LogP contribution in [0.3, 0.4) is 0 Å². The first-order valence-corrected chi connectivity index (χ1v) is 8.57. The van der Waals surface area contributed by atoms with Crippen molar-refractivity contribution in [3.8, 4) is 22.7 Å². The summed E-state index contributed by atoms with van der Waals surface area (Å²) >= 11 is 0. The number of rotatable bonds is 3. The Kier molecular flexibility index (Phi) is 4.48. The van der Waals surface area contributed by atoms with Gasteiger partial charge < -0.3 is 15.3 Å². The van der Waals surface area contributed by atoms with E-state index in [9.17, 15) is 19.1 Å². The van der Waals surface area contributed by atoms with Gasteiger partial charge in [0, 0.05) is 30.9 Å². The number of amides is 2. The number of aromatic nitrogens is 3. The van der Waals surface area contributed by atoms with Crippen molar-refractivity contribution in [3.05, 3.63) is 60.3 Å². The zero-order chi connectivity index (χ0) is 19.7. The Labute approximate surface area is 159 Å². The molecule has 8 nitrogen and oxygen atoms in total. The van der Waals surface area contributed by atoms with Gasteiger partial charge in [-0.25, -0.2) is 9.07 Å². The molecule has 3 heterocycles. The monoisotopic (exact) mass is 381 g/mol. The number of carbonyl (C=O) groups is 2. The van der Waals surface area contributed by atoms with Gasteiger partial charge in [0.1, 0.15) is 11.6 Å². The number of nitrogens with one attached hydrogen (secondary N) is 1. The van der Waals surface area contributed by atoms with Crippen LogP contribution in [-0.2, 0) is 4.79 Å². The normalized spacial score (nSPS) is 14.0. The quantitative estimate of drug-likeness (QED) is 0.713. The van der Waals surface area contributed by atoms with Crippen LogP contribution in [0.15, 0.2) is 48.8 Å². The minimum Gasteiger partial charge on any atom is -0.508 e. The van der Waals surface area contributed by atoms with Gasteiger partial charge in [0.2, 0.25) is 5.91 Å². The van der Waals surface area contributed by atoms with E-state index in [2.05, 4.69) is 15.4 Å². The molecule has 2 amide bonds. The molecule has 0 aliphatic carbocycles. The Morgan fingerprint density at radius 2 is 2.11 bits per heavy atom. The lowest BCUT2D eigenvalue weighted by Gasteiger charge is -2.25. The number of aromatic hydroxyl groups is 1. The highest BCUT2D eigenvalue weighted by atomic mass is 19.1. The lowest BCUT2D eigenvalue weighted by molar-refractivity contribution is -0.123.